The van der Waals surface area contributed by atoms with Gasteiger partial charge in [0, 0.05) is 24.4 Å². The van der Waals surface area contributed by atoms with Crippen LogP contribution in [0, 0.1) is 6.92 Å². The number of carbonyl (C=O) groups is 1. The van der Waals surface area contributed by atoms with Crippen molar-refractivity contribution in [1.29, 1.82) is 0 Å². The lowest BCUT2D eigenvalue weighted by Gasteiger charge is -2.15. The van der Waals surface area contributed by atoms with Crippen molar-refractivity contribution in [3.63, 3.8) is 0 Å². The second-order valence-electron chi connectivity index (χ2n) is 7.28. The molecule has 5 nitrogen and oxygen atoms in total. The average molecular weight is 405 g/mol. The van der Waals surface area contributed by atoms with E-state index < -0.39 is 0 Å². The van der Waals surface area contributed by atoms with E-state index in [0.29, 0.717) is 26.1 Å². The number of pyridine rings is 1. The van der Waals surface area contributed by atoms with Gasteiger partial charge in [-0.2, -0.15) is 0 Å². The molecule has 1 unspecified atom stereocenters. The van der Waals surface area contributed by atoms with Crippen LogP contribution in [-0.2, 0) is 11.4 Å². The molecule has 156 valence electrons. The van der Waals surface area contributed by atoms with Crippen molar-refractivity contribution in [2.75, 3.05) is 6.61 Å². The molecule has 0 aliphatic rings. The van der Waals surface area contributed by atoms with Gasteiger partial charge in [-0.3, -0.25) is 9.78 Å². The van der Waals surface area contributed by atoms with E-state index >= 15 is 0 Å². The molecule has 0 fully saturated rings. The summed E-state index contributed by atoms with van der Waals surface area (Å²) >= 11 is 0. The molecule has 0 spiro atoms. The summed E-state index contributed by atoms with van der Waals surface area (Å²) in [6, 6.07) is 19.5. The summed E-state index contributed by atoms with van der Waals surface area (Å²) in [7, 11) is 0. The molecule has 0 saturated carbocycles. The summed E-state index contributed by atoms with van der Waals surface area (Å²) in [5, 5.41) is 3.04. The quantitative estimate of drug-likeness (QED) is 0.483. The van der Waals surface area contributed by atoms with Crippen LogP contribution in [-0.4, -0.2) is 17.5 Å². The third-order valence-corrected chi connectivity index (χ3v) is 4.69. The highest BCUT2D eigenvalue weighted by atomic mass is 16.5. The Morgan fingerprint density at radius 2 is 1.87 bits per heavy atom. The van der Waals surface area contributed by atoms with E-state index in [1.54, 1.807) is 12.4 Å². The Kier molecular flexibility index (Phi) is 7.84. The minimum Gasteiger partial charge on any atom is -0.494 e. The summed E-state index contributed by atoms with van der Waals surface area (Å²) in [6.45, 7) is 5.01. The number of amides is 1. The first-order valence-electron chi connectivity index (χ1n) is 10.2. The molecule has 1 aromatic heterocycles. The minimum absolute atomic E-state index is 0.0206. The Balaban J connectivity index is 1.38. The second kappa shape index (κ2) is 11.0. The van der Waals surface area contributed by atoms with Crippen LogP contribution < -0.4 is 14.8 Å². The van der Waals surface area contributed by atoms with E-state index in [9.17, 15) is 4.79 Å². The molecule has 3 rings (SSSR count). The Bertz CT molecular complexity index is 927. The molecule has 0 bridgehead atoms. The van der Waals surface area contributed by atoms with Crippen LogP contribution in [0.25, 0.3) is 0 Å². The maximum absolute atomic E-state index is 12.2. The topological polar surface area (TPSA) is 60.5 Å². The van der Waals surface area contributed by atoms with Gasteiger partial charge in [0.2, 0.25) is 5.91 Å². The Morgan fingerprint density at radius 3 is 2.60 bits per heavy atom. The largest absolute Gasteiger partial charge is 0.494 e. The second-order valence-corrected chi connectivity index (χ2v) is 7.28. The van der Waals surface area contributed by atoms with Gasteiger partial charge in [0.1, 0.15) is 18.1 Å². The Morgan fingerprint density at radius 1 is 1.03 bits per heavy atom. The van der Waals surface area contributed by atoms with Gasteiger partial charge in [0.25, 0.3) is 0 Å². The fourth-order valence-electron chi connectivity index (χ4n) is 3.03. The van der Waals surface area contributed by atoms with Crippen LogP contribution in [0.5, 0.6) is 11.5 Å². The van der Waals surface area contributed by atoms with Gasteiger partial charge < -0.3 is 14.8 Å². The van der Waals surface area contributed by atoms with Crippen molar-refractivity contribution in [3.8, 4) is 11.5 Å². The fraction of sp³-hybridized carbons (Fsp3) is 0.280. The molecule has 2 aromatic carbocycles. The summed E-state index contributed by atoms with van der Waals surface area (Å²) in [4.78, 5) is 16.3. The van der Waals surface area contributed by atoms with Gasteiger partial charge in [-0.25, -0.2) is 0 Å². The number of hydrogen-bond donors (Lipinski definition) is 1. The Labute approximate surface area is 178 Å². The zero-order valence-corrected chi connectivity index (χ0v) is 17.5. The van der Waals surface area contributed by atoms with Crippen molar-refractivity contribution in [3.05, 3.63) is 89.7 Å². The van der Waals surface area contributed by atoms with E-state index in [0.717, 1.165) is 28.2 Å². The third-order valence-electron chi connectivity index (χ3n) is 4.69. The summed E-state index contributed by atoms with van der Waals surface area (Å²) in [6.07, 6.45) is 4.64. The number of nitrogens with one attached hydrogen (secondary N) is 1. The van der Waals surface area contributed by atoms with Crippen molar-refractivity contribution < 1.29 is 14.3 Å². The van der Waals surface area contributed by atoms with Crippen LogP contribution in [0.2, 0.25) is 0 Å². The molecule has 3 aromatic rings. The van der Waals surface area contributed by atoms with Gasteiger partial charge in [0.05, 0.1) is 12.6 Å². The molecule has 1 heterocycles. The number of aryl methyl sites for hydroxylation is 1. The number of carbonyl (C=O) groups excluding carboxylic acids is 1. The number of nitrogens with zero attached hydrogens (tertiary/aromatic N) is 1. The van der Waals surface area contributed by atoms with E-state index in [2.05, 4.69) is 10.3 Å². The third kappa shape index (κ3) is 6.92. The standard InChI is InChI=1S/C25H28N2O3/c1-19-6-3-8-24(16-19)29-15-5-9-25(28)27-20(2)22-10-12-23(13-11-22)30-18-21-7-4-14-26-17-21/h3-4,6-8,10-14,16-17,20H,5,9,15,18H2,1-2H3,(H,27,28). The van der Waals surface area contributed by atoms with Crippen LogP contribution in [0.15, 0.2) is 73.1 Å². The van der Waals surface area contributed by atoms with E-state index in [1.165, 1.54) is 0 Å². The molecule has 0 radical (unpaired) electrons. The van der Waals surface area contributed by atoms with Gasteiger partial charge in [0.15, 0.2) is 0 Å². The van der Waals surface area contributed by atoms with Crippen LogP contribution in [0.3, 0.4) is 0 Å². The van der Waals surface area contributed by atoms with E-state index in [4.69, 9.17) is 9.47 Å². The monoisotopic (exact) mass is 404 g/mol. The first kappa shape index (κ1) is 21.4. The number of ether oxygens (including phenoxy) is 2. The number of aromatic nitrogens is 1. The maximum Gasteiger partial charge on any atom is 0.220 e. The highest BCUT2D eigenvalue weighted by Crippen LogP contribution is 2.19. The highest BCUT2D eigenvalue weighted by Gasteiger charge is 2.10. The molecule has 1 N–H and O–H groups in total. The number of benzene rings is 2. The SMILES string of the molecule is Cc1cccc(OCCCC(=O)NC(C)c2ccc(OCc3cccnc3)cc2)c1. The van der Waals surface area contributed by atoms with Crippen molar-refractivity contribution in [2.45, 2.75) is 39.3 Å². The Hall–Kier alpha value is -3.34. The predicted octanol–water partition coefficient (Wildman–Crippen LogP) is 5.01. The van der Waals surface area contributed by atoms with Crippen LogP contribution >= 0.6 is 0 Å². The molecule has 1 atom stereocenters. The van der Waals surface area contributed by atoms with Crippen LogP contribution in [0.1, 0.15) is 42.5 Å². The lowest BCUT2D eigenvalue weighted by molar-refractivity contribution is -0.121. The lowest BCUT2D eigenvalue weighted by Crippen LogP contribution is -2.26. The minimum atomic E-state index is -0.0671. The zero-order chi connectivity index (χ0) is 21.2. The predicted molar refractivity (Wildman–Crippen MR) is 117 cm³/mol. The first-order chi connectivity index (χ1) is 14.6. The molecule has 5 heteroatoms. The lowest BCUT2D eigenvalue weighted by atomic mass is 10.1. The van der Waals surface area contributed by atoms with E-state index in [-0.39, 0.29) is 11.9 Å². The van der Waals surface area contributed by atoms with Crippen LogP contribution in [0.4, 0.5) is 0 Å². The van der Waals surface area contributed by atoms with Crippen molar-refractivity contribution in [1.82, 2.24) is 10.3 Å². The summed E-state index contributed by atoms with van der Waals surface area (Å²) in [5.41, 5.74) is 3.22. The molecule has 0 aliphatic carbocycles. The normalized spacial score (nSPS) is 11.5. The average Bonchev–Trinajstić information content (AvgIpc) is 2.76. The zero-order valence-electron chi connectivity index (χ0n) is 17.5. The molecular formula is C25H28N2O3. The molecule has 30 heavy (non-hydrogen) atoms. The molecule has 1 amide bonds. The molecule has 0 aliphatic heterocycles. The molecular weight excluding hydrogens is 376 g/mol. The van der Waals surface area contributed by atoms with Gasteiger partial charge in [-0.15, -0.1) is 0 Å². The van der Waals surface area contributed by atoms with Gasteiger partial charge in [-0.05, 0) is 61.7 Å². The number of hydrogen-bond acceptors (Lipinski definition) is 4. The highest BCUT2D eigenvalue weighted by molar-refractivity contribution is 5.76. The first-order valence-corrected chi connectivity index (χ1v) is 10.2. The number of rotatable bonds is 10. The van der Waals surface area contributed by atoms with Gasteiger partial charge >= 0.3 is 0 Å². The van der Waals surface area contributed by atoms with Gasteiger partial charge in [-0.1, -0.05) is 30.3 Å². The maximum atomic E-state index is 12.2. The summed E-state index contributed by atoms with van der Waals surface area (Å²) < 4.78 is 11.5. The summed E-state index contributed by atoms with van der Waals surface area (Å²) in [5.74, 6) is 1.65. The fourth-order valence-corrected chi connectivity index (χ4v) is 3.03. The van der Waals surface area contributed by atoms with Crippen molar-refractivity contribution in [2.24, 2.45) is 0 Å². The van der Waals surface area contributed by atoms with E-state index in [1.807, 2.05) is 74.5 Å². The molecule has 0 saturated heterocycles. The smallest absolute Gasteiger partial charge is 0.220 e. The van der Waals surface area contributed by atoms with Crippen molar-refractivity contribution >= 4 is 5.91 Å².